The standard InChI is InChI=1S/C14H18N4OS/c1-8-7-9(15)5-6-10(8)16-13(19)11-12(14(2,3)4)17-18-20-11/h5-7H,15H2,1-4H3,(H,16,19). The zero-order valence-corrected chi connectivity index (χ0v) is 12.8. The molecule has 1 aromatic carbocycles. The maximum atomic E-state index is 12.4. The quantitative estimate of drug-likeness (QED) is 0.833. The van der Waals surface area contributed by atoms with Crippen molar-refractivity contribution < 1.29 is 4.79 Å². The SMILES string of the molecule is Cc1cc(N)ccc1NC(=O)c1snnc1C(C)(C)C. The van der Waals surface area contributed by atoms with Gasteiger partial charge in [-0.3, -0.25) is 4.79 Å². The number of benzene rings is 1. The molecule has 0 saturated heterocycles. The van der Waals surface area contributed by atoms with E-state index in [1.165, 1.54) is 0 Å². The van der Waals surface area contributed by atoms with Crippen molar-refractivity contribution in [1.29, 1.82) is 0 Å². The molecule has 6 heteroatoms. The minimum Gasteiger partial charge on any atom is -0.399 e. The molecule has 106 valence electrons. The topological polar surface area (TPSA) is 80.9 Å². The van der Waals surface area contributed by atoms with Crippen molar-refractivity contribution in [1.82, 2.24) is 9.59 Å². The first kappa shape index (κ1) is 14.5. The number of amides is 1. The number of anilines is 2. The molecule has 1 aromatic heterocycles. The van der Waals surface area contributed by atoms with Crippen LogP contribution in [0.4, 0.5) is 11.4 Å². The van der Waals surface area contributed by atoms with E-state index in [-0.39, 0.29) is 11.3 Å². The second-order valence-corrected chi connectivity index (χ2v) is 6.48. The smallest absolute Gasteiger partial charge is 0.269 e. The summed E-state index contributed by atoms with van der Waals surface area (Å²) in [5, 5.41) is 6.96. The van der Waals surface area contributed by atoms with E-state index in [0.29, 0.717) is 16.3 Å². The molecule has 0 unspecified atom stereocenters. The Labute approximate surface area is 122 Å². The number of carbonyl (C=O) groups is 1. The van der Waals surface area contributed by atoms with Gasteiger partial charge in [0.2, 0.25) is 0 Å². The number of aromatic nitrogens is 2. The first-order valence-corrected chi connectivity index (χ1v) is 7.06. The second kappa shape index (κ2) is 5.20. The van der Waals surface area contributed by atoms with Gasteiger partial charge in [0.15, 0.2) is 0 Å². The molecule has 2 aromatic rings. The van der Waals surface area contributed by atoms with Crippen molar-refractivity contribution in [3.05, 3.63) is 34.3 Å². The van der Waals surface area contributed by atoms with Crippen LogP contribution in [0.1, 0.15) is 41.7 Å². The molecule has 5 nitrogen and oxygen atoms in total. The van der Waals surface area contributed by atoms with Gasteiger partial charge in [-0.25, -0.2) is 0 Å². The van der Waals surface area contributed by atoms with Gasteiger partial charge in [0.05, 0.1) is 5.69 Å². The number of nitrogen functional groups attached to an aromatic ring is 1. The largest absolute Gasteiger partial charge is 0.399 e. The van der Waals surface area contributed by atoms with E-state index < -0.39 is 0 Å². The van der Waals surface area contributed by atoms with Crippen LogP contribution in [0.5, 0.6) is 0 Å². The summed E-state index contributed by atoms with van der Waals surface area (Å²) in [4.78, 5) is 12.9. The summed E-state index contributed by atoms with van der Waals surface area (Å²) < 4.78 is 3.90. The number of carbonyl (C=O) groups excluding carboxylic acids is 1. The summed E-state index contributed by atoms with van der Waals surface area (Å²) in [6.07, 6.45) is 0. The molecular weight excluding hydrogens is 272 g/mol. The van der Waals surface area contributed by atoms with Crippen LogP contribution in [0.25, 0.3) is 0 Å². The van der Waals surface area contributed by atoms with Crippen LogP contribution in [0.15, 0.2) is 18.2 Å². The Morgan fingerprint density at radius 2 is 2.05 bits per heavy atom. The molecule has 0 spiro atoms. The van der Waals surface area contributed by atoms with E-state index in [1.807, 2.05) is 33.8 Å². The second-order valence-electron chi connectivity index (χ2n) is 5.73. The van der Waals surface area contributed by atoms with Gasteiger partial charge in [-0.05, 0) is 42.2 Å². The molecule has 0 aliphatic heterocycles. The summed E-state index contributed by atoms with van der Waals surface area (Å²) in [7, 11) is 0. The predicted octanol–water partition coefficient (Wildman–Crippen LogP) is 2.98. The average Bonchev–Trinajstić information content (AvgIpc) is 2.81. The van der Waals surface area contributed by atoms with E-state index in [1.54, 1.807) is 12.1 Å². The molecule has 0 atom stereocenters. The van der Waals surface area contributed by atoms with E-state index >= 15 is 0 Å². The number of nitrogens with one attached hydrogen (secondary N) is 1. The van der Waals surface area contributed by atoms with Gasteiger partial charge in [-0.2, -0.15) is 0 Å². The fourth-order valence-corrected chi connectivity index (χ4v) is 2.61. The van der Waals surface area contributed by atoms with Crippen LogP contribution in [0, 0.1) is 6.92 Å². The van der Waals surface area contributed by atoms with E-state index in [4.69, 9.17) is 5.73 Å². The Morgan fingerprint density at radius 1 is 1.35 bits per heavy atom. The average molecular weight is 290 g/mol. The first-order valence-electron chi connectivity index (χ1n) is 6.29. The molecule has 2 rings (SSSR count). The molecule has 3 N–H and O–H groups in total. The lowest BCUT2D eigenvalue weighted by Crippen LogP contribution is -2.20. The summed E-state index contributed by atoms with van der Waals surface area (Å²) >= 11 is 1.11. The summed E-state index contributed by atoms with van der Waals surface area (Å²) in [6.45, 7) is 7.93. The van der Waals surface area contributed by atoms with E-state index in [9.17, 15) is 4.79 Å². The zero-order valence-electron chi connectivity index (χ0n) is 12.0. The number of nitrogens with zero attached hydrogens (tertiary/aromatic N) is 2. The number of hydrogen-bond donors (Lipinski definition) is 2. The Balaban J connectivity index is 2.27. The molecule has 0 radical (unpaired) electrons. The normalized spacial score (nSPS) is 11.4. The van der Waals surface area contributed by atoms with Gasteiger partial charge >= 0.3 is 0 Å². The highest BCUT2D eigenvalue weighted by molar-refractivity contribution is 7.08. The van der Waals surface area contributed by atoms with Gasteiger partial charge in [-0.1, -0.05) is 25.3 Å². The lowest BCUT2D eigenvalue weighted by Gasteiger charge is -2.16. The Bertz CT molecular complexity index is 643. The fraction of sp³-hybridized carbons (Fsp3) is 0.357. The lowest BCUT2D eigenvalue weighted by molar-refractivity contribution is 0.102. The van der Waals surface area contributed by atoms with Crippen molar-refractivity contribution in [3.8, 4) is 0 Å². The highest BCUT2D eigenvalue weighted by Gasteiger charge is 2.26. The van der Waals surface area contributed by atoms with Gasteiger partial charge in [0.25, 0.3) is 5.91 Å². The number of aryl methyl sites for hydroxylation is 1. The monoisotopic (exact) mass is 290 g/mol. The summed E-state index contributed by atoms with van der Waals surface area (Å²) in [5.74, 6) is -0.183. The number of nitrogens with two attached hydrogens (primary N) is 1. The van der Waals surface area contributed by atoms with Gasteiger partial charge in [0, 0.05) is 16.8 Å². The van der Waals surface area contributed by atoms with Crippen molar-refractivity contribution in [2.75, 3.05) is 11.1 Å². The molecule has 0 aliphatic carbocycles. The van der Waals surface area contributed by atoms with E-state index in [2.05, 4.69) is 14.9 Å². The third-order valence-corrected chi connectivity index (χ3v) is 3.63. The van der Waals surface area contributed by atoms with Crippen molar-refractivity contribution >= 4 is 28.8 Å². The van der Waals surface area contributed by atoms with Crippen LogP contribution < -0.4 is 11.1 Å². The minimum absolute atomic E-state index is 0.183. The van der Waals surface area contributed by atoms with Crippen LogP contribution >= 0.6 is 11.5 Å². The molecule has 0 bridgehead atoms. The van der Waals surface area contributed by atoms with Gasteiger partial charge < -0.3 is 11.1 Å². The lowest BCUT2D eigenvalue weighted by atomic mass is 9.91. The molecular formula is C14H18N4OS. The fourth-order valence-electron chi connectivity index (χ4n) is 1.84. The summed E-state index contributed by atoms with van der Waals surface area (Å²) in [6, 6.07) is 5.39. The molecule has 0 aliphatic rings. The zero-order chi connectivity index (χ0) is 14.9. The molecule has 1 amide bonds. The van der Waals surface area contributed by atoms with Crippen LogP contribution in [0.3, 0.4) is 0 Å². The minimum atomic E-state index is -0.212. The van der Waals surface area contributed by atoms with Crippen molar-refractivity contribution in [3.63, 3.8) is 0 Å². The first-order chi connectivity index (χ1) is 9.29. The van der Waals surface area contributed by atoms with Crippen molar-refractivity contribution in [2.45, 2.75) is 33.1 Å². The van der Waals surface area contributed by atoms with Crippen LogP contribution in [-0.4, -0.2) is 15.5 Å². The van der Waals surface area contributed by atoms with Gasteiger partial charge in [-0.15, -0.1) is 5.10 Å². The molecule has 0 fully saturated rings. The number of rotatable bonds is 2. The summed E-state index contributed by atoms with van der Waals surface area (Å²) in [5.41, 5.74) is 8.55. The van der Waals surface area contributed by atoms with Crippen LogP contribution in [-0.2, 0) is 5.41 Å². The van der Waals surface area contributed by atoms with Gasteiger partial charge in [0.1, 0.15) is 4.88 Å². The van der Waals surface area contributed by atoms with Crippen LogP contribution in [0.2, 0.25) is 0 Å². The molecule has 1 heterocycles. The Kier molecular flexibility index (Phi) is 3.76. The van der Waals surface area contributed by atoms with E-state index in [0.717, 1.165) is 22.8 Å². The van der Waals surface area contributed by atoms with Crippen molar-refractivity contribution in [2.24, 2.45) is 0 Å². The molecule has 20 heavy (non-hydrogen) atoms. The molecule has 0 saturated carbocycles. The predicted molar refractivity (Wildman–Crippen MR) is 82.2 cm³/mol. The highest BCUT2D eigenvalue weighted by Crippen LogP contribution is 2.27. The maximum Gasteiger partial charge on any atom is 0.269 e. The highest BCUT2D eigenvalue weighted by atomic mass is 32.1. The Morgan fingerprint density at radius 3 is 2.65 bits per heavy atom. The third-order valence-electron chi connectivity index (χ3n) is 2.90. The maximum absolute atomic E-state index is 12.4. The third kappa shape index (κ3) is 2.96. The number of hydrogen-bond acceptors (Lipinski definition) is 5. The Hall–Kier alpha value is -1.95.